The van der Waals surface area contributed by atoms with Gasteiger partial charge in [0.25, 0.3) is 0 Å². The normalized spacial score (nSPS) is 16.5. The monoisotopic (exact) mass is 385 g/mol. The van der Waals surface area contributed by atoms with Crippen molar-refractivity contribution in [2.45, 2.75) is 12.5 Å². The lowest BCUT2D eigenvalue weighted by molar-refractivity contribution is 0.249. The first-order valence-electron chi connectivity index (χ1n) is 8.74. The Labute approximate surface area is 161 Å². The van der Waals surface area contributed by atoms with Gasteiger partial charge in [0.05, 0.1) is 6.26 Å². The number of carbonyl (C=O) groups is 1. The van der Waals surface area contributed by atoms with Crippen LogP contribution in [0.15, 0.2) is 53.1 Å². The molecule has 7 nitrogen and oxygen atoms in total. The van der Waals surface area contributed by atoms with E-state index in [4.69, 9.17) is 16.0 Å². The van der Waals surface area contributed by atoms with Gasteiger partial charge in [0.1, 0.15) is 11.5 Å². The van der Waals surface area contributed by atoms with Gasteiger partial charge in [-0.15, -0.1) is 0 Å². The summed E-state index contributed by atoms with van der Waals surface area (Å²) in [5.74, 6) is 1.26. The summed E-state index contributed by atoms with van der Waals surface area (Å²) in [6.07, 6.45) is 2.47. The van der Waals surface area contributed by atoms with Crippen molar-refractivity contribution in [2.75, 3.05) is 23.3 Å². The summed E-state index contributed by atoms with van der Waals surface area (Å²) < 4.78 is 6.96. The first-order chi connectivity index (χ1) is 13.1. The summed E-state index contributed by atoms with van der Waals surface area (Å²) in [6.45, 7) is 1.62. The molecule has 1 aromatic carbocycles. The van der Waals surface area contributed by atoms with E-state index < -0.39 is 0 Å². The topological polar surface area (TPSA) is 75.3 Å². The second-order valence-corrected chi connectivity index (χ2v) is 6.96. The number of benzene rings is 1. The Kier molecular flexibility index (Phi) is 4.77. The number of aromatic nitrogens is 2. The first-order valence-corrected chi connectivity index (χ1v) is 9.12. The number of amides is 2. The Morgan fingerprint density at radius 1 is 1.30 bits per heavy atom. The third kappa shape index (κ3) is 3.93. The Morgan fingerprint density at radius 2 is 2.19 bits per heavy atom. The van der Waals surface area contributed by atoms with Crippen molar-refractivity contribution in [3.05, 3.63) is 53.8 Å². The third-order valence-electron chi connectivity index (χ3n) is 4.59. The van der Waals surface area contributed by atoms with Gasteiger partial charge < -0.3 is 14.6 Å². The van der Waals surface area contributed by atoms with Gasteiger partial charge in [-0.1, -0.05) is 17.7 Å². The zero-order valence-electron chi connectivity index (χ0n) is 14.9. The van der Waals surface area contributed by atoms with Crippen LogP contribution in [0, 0.1) is 0 Å². The lowest BCUT2D eigenvalue weighted by Gasteiger charge is -2.19. The molecule has 3 heterocycles. The minimum Gasteiger partial charge on any atom is -0.463 e. The van der Waals surface area contributed by atoms with Crippen molar-refractivity contribution in [3.63, 3.8) is 0 Å². The fourth-order valence-corrected chi connectivity index (χ4v) is 3.44. The maximum Gasteiger partial charge on any atom is 0.320 e. The van der Waals surface area contributed by atoms with Gasteiger partial charge in [0.15, 0.2) is 5.76 Å². The predicted molar refractivity (Wildman–Crippen MR) is 105 cm³/mol. The van der Waals surface area contributed by atoms with E-state index in [-0.39, 0.29) is 12.1 Å². The molecule has 4 rings (SSSR count). The number of furan rings is 1. The highest BCUT2D eigenvalue weighted by atomic mass is 35.5. The van der Waals surface area contributed by atoms with E-state index in [1.165, 1.54) is 0 Å². The van der Waals surface area contributed by atoms with Gasteiger partial charge >= 0.3 is 6.03 Å². The second-order valence-electron chi connectivity index (χ2n) is 6.53. The van der Waals surface area contributed by atoms with Crippen molar-refractivity contribution in [2.24, 2.45) is 7.05 Å². The van der Waals surface area contributed by atoms with Crippen LogP contribution in [0.25, 0.3) is 11.5 Å². The van der Waals surface area contributed by atoms with Crippen LogP contribution in [-0.2, 0) is 7.05 Å². The zero-order valence-corrected chi connectivity index (χ0v) is 15.6. The van der Waals surface area contributed by atoms with Crippen molar-refractivity contribution in [3.8, 4) is 11.5 Å². The largest absolute Gasteiger partial charge is 0.463 e. The number of halogens is 1. The second kappa shape index (κ2) is 7.36. The van der Waals surface area contributed by atoms with E-state index in [0.29, 0.717) is 22.3 Å². The molecule has 1 atom stereocenters. The molecule has 1 fully saturated rings. The molecule has 2 amide bonds. The summed E-state index contributed by atoms with van der Waals surface area (Å²) in [5.41, 5.74) is 1.74. The highest BCUT2D eigenvalue weighted by Crippen LogP contribution is 2.24. The SMILES string of the molecule is Cn1nc(-c2ccco2)cc1NC(=O)NC1CCN(c2cccc(Cl)c2)C1. The van der Waals surface area contributed by atoms with E-state index in [2.05, 4.69) is 20.6 Å². The highest BCUT2D eigenvalue weighted by Gasteiger charge is 2.24. The lowest BCUT2D eigenvalue weighted by Crippen LogP contribution is -2.40. The molecule has 2 N–H and O–H groups in total. The van der Waals surface area contributed by atoms with Crippen LogP contribution in [0.4, 0.5) is 16.3 Å². The number of urea groups is 1. The molecule has 0 aliphatic carbocycles. The molecule has 1 aliphatic rings. The average Bonchev–Trinajstić information content (AvgIpc) is 3.37. The molecule has 1 aliphatic heterocycles. The molecule has 0 bridgehead atoms. The number of nitrogens with zero attached hydrogens (tertiary/aromatic N) is 3. The molecular weight excluding hydrogens is 366 g/mol. The molecule has 3 aromatic rings. The van der Waals surface area contributed by atoms with Gasteiger partial charge in [0.2, 0.25) is 0 Å². The fourth-order valence-electron chi connectivity index (χ4n) is 3.25. The van der Waals surface area contributed by atoms with Crippen LogP contribution >= 0.6 is 11.6 Å². The smallest absolute Gasteiger partial charge is 0.320 e. The predicted octanol–water partition coefficient (Wildman–Crippen LogP) is 3.73. The molecule has 8 heteroatoms. The maximum atomic E-state index is 12.4. The standard InChI is InChI=1S/C19H20ClN5O2/c1-24-18(11-16(23-24)17-6-3-9-27-17)22-19(26)21-14-7-8-25(12-14)15-5-2-4-13(20)10-15/h2-6,9-11,14H,7-8,12H2,1H3,(H2,21,22,26). The quantitative estimate of drug-likeness (QED) is 0.717. The molecule has 1 saturated heterocycles. The third-order valence-corrected chi connectivity index (χ3v) is 4.83. The van der Waals surface area contributed by atoms with Crippen molar-refractivity contribution < 1.29 is 9.21 Å². The van der Waals surface area contributed by atoms with Gasteiger partial charge in [-0.25, -0.2) is 4.79 Å². The molecule has 0 saturated carbocycles. The molecule has 2 aromatic heterocycles. The fraction of sp³-hybridized carbons (Fsp3) is 0.263. The van der Waals surface area contributed by atoms with Crippen LogP contribution in [-0.4, -0.2) is 34.9 Å². The number of aryl methyl sites for hydroxylation is 1. The molecule has 27 heavy (non-hydrogen) atoms. The number of rotatable bonds is 4. The summed E-state index contributed by atoms with van der Waals surface area (Å²) in [7, 11) is 1.78. The Bertz CT molecular complexity index is 937. The Hall–Kier alpha value is -2.93. The molecule has 140 valence electrons. The molecule has 0 spiro atoms. The van der Waals surface area contributed by atoms with Crippen LogP contribution in [0.3, 0.4) is 0 Å². The van der Waals surface area contributed by atoms with Crippen LogP contribution in [0.5, 0.6) is 0 Å². The Morgan fingerprint density at radius 3 is 2.96 bits per heavy atom. The highest BCUT2D eigenvalue weighted by molar-refractivity contribution is 6.30. The van der Waals surface area contributed by atoms with Crippen LogP contribution in [0.1, 0.15) is 6.42 Å². The number of carbonyl (C=O) groups excluding carboxylic acids is 1. The van der Waals surface area contributed by atoms with Crippen molar-refractivity contribution in [1.82, 2.24) is 15.1 Å². The minimum absolute atomic E-state index is 0.0711. The lowest BCUT2D eigenvalue weighted by atomic mass is 10.3. The number of anilines is 2. The maximum absolute atomic E-state index is 12.4. The number of nitrogens with one attached hydrogen (secondary N) is 2. The molecular formula is C19H20ClN5O2. The van der Waals surface area contributed by atoms with Crippen molar-refractivity contribution >= 4 is 29.1 Å². The minimum atomic E-state index is -0.248. The van der Waals surface area contributed by atoms with Gasteiger partial charge in [-0.05, 0) is 36.8 Å². The van der Waals surface area contributed by atoms with Gasteiger partial charge in [-0.3, -0.25) is 10.00 Å². The van der Waals surface area contributed by atoms with E-state index >= 15 is 0 Å². The summed E-state index contributed by atoms with van der Waals surface area (Å²) in [5, 5.41) is 10.9. The molecule has 1 unspecified atom stereocenters. The number of hydrogen-bond donors (Lipinski definition) is 2. The molecule has 0 radical (unpaired) electrons. The van der Waals surface area contributed by atoms with E-state index in [0.717, 1.165) is 25.2 Å². The van der Waals surface area contributed by atoms with Gasteiger partial charge in [-0.2, -0.15) is 5.10 Å². The van der Waals surface area contributed by atoms with Crippen LogP contribution < -0.4 is 15.5 Å². The van der Waals surface area contributed by atoms with E-state index in [1.54, 1.807) is 30.1 Å². The van der Waals surface area contributed by atoms with E-state index in [1.807, 2.05) is 30.3 Å². The summed E-state index contributed by atoms with van der Waals surface area (Å²) >= 11 is 6.07. The van der Waals surface area contributed by atoms with Gasteiger partial charge in [0, 0.05) is 43.0 Å². The first kappa shape index (κ1) is 17.5. The van der Waals surface area contributed by atoms with Crippen LogP contribution in [0.2, 0.25) is 5.02 Å². The average molecular weight is 386 g/mol. The van der Waals surface area contributed by atoms with Crippen molar-refractivity contribution in [1.29, 1.82) is 0 Å². The summed E-state index contributed by atoms with van der Waals surface area (Å²) in [4.78, 5) is 14.6. The number of hydrogen-bond acceptors (Lipinski definition) is 4. The Balaban J connectivity index is 1.35. The zero-order chi connectivity index (χ0) is 18.8. The van der Waals surface area contributed by atoms with E-state index in [9.17, 15) is 4.79 Å². The summed E-state index contributed by atoms with van der Waals surface area (Å²) in [6, 6.07) is 13.0.